The Bertz CT molecular complexity index is 984. The monoisotopic (exact) mass is 449 g/mol. The van der Waals surface area contributed by atoms with E-state index in [0.717, 1.165) is 18.7 Å². The minimum atomic E-state index is -3.32. The van der Waals surface area contributed by atoms with Crippen molar-refractivity contribution in [2.75, 3.05) is 74.7 Å². The van der Waals surface area contributed by atoms with Crippen molar-refractivity contribution in [2.45, 2.75) is 0 Å². The van der Waals surface area contributed by atoms with Crippen LogP contribution in [0.15, 0.2) is 6.20 Å². The van der Waals surface area contributed by atoms with Gasteiger partial charge in [-0.25, -0.2) is 21.8 Å². The molecular weight excluding hydrogens is 426 g/mol. The molecule has 29 heavy (non-hydrogen) atoms. The third kappa shape index (κ3) is 4.91. The van der Waals surface area contributed by atoms with Gasteiger partial charge in [-0.05, 0) is 0 Å². The second-order valence-electron chi connectivity index (χ2n) is 6.93. The number of hydrogen-bond donors (Lipinski definition) is 0. The lowest BCUT2D eigenvalue weighted by molar-refractivity contribution is -0.384. The Hall–Kier alpha value is -2.10. The molecule has 0 aliphatic carbocycles. The minimum Gasteiger partial charge on any atom is -0.348 e. The molecule has 1 aromatic rings. The molecule has 13 nitrogen and oxygen atoms in total. The van der Waals surface area contributed by atoms with Crippen LogP contribution in [0.3, 0.4) is 0 Å². The summed E-state index contributed by atoms with van der Waals surface area (Å²) in [4.78, 5) is 22.8. The van der Waals surface area contributed by atoms with E-state index in [1.165, 1.54) is 8.61 Å². The van der Waals surface area contributed by atoms with Crippen molar-refractivity contribution in [3.8, 4) is 0 Å². The maximum absolute atomic E-state index is 11.7. The Morgan fingerprint density at radius 3 is 1.72 bits per heavy atom. The molecule has 2 fully saturated rings. The van der Waals surface area contributed by atoms with Gasteiger partial charge in [-0.1, -0.05) is 0 Å². The highest BCUT2D eigenvalue weighted by Crippen LogP contribution is 2.28. The fourth-order valence-electron chi connectivity index (χ4n) is 3.32. The molecule has 3 heterocycles. The van der Waals surface area contributed by atoms with Gasteiger partial charge in [-0.2, -0.15) is 13.6 Å². The maximum Gasteiger partial charge on any atom is 0.329 e. The predicted octanol–water partition coefficient (Wildman–Crippen LogP) is -1.45. The quantitative estimate of drug-likeness (QED) is 0.386. The first kappa shape index (κ1) is 21.6. The number of sulfonamides is 2. The van der Waals surface area contributed by atoms with E-state index in [9.17, 15) is 26.9 Å². The molecule has 0 atom stereocenters. The number of hydrogen-bond acceptors (Lipinski definition) is 10. The first-order valence-corrected chi connectivity index (χ1v) is 12.6. The van der Waals surface area contributed by atoms with Gasteiger partial charge in [-0.15, -0.1) is 0 Å². The van der Waals surface area contributed by atoms with E-state index in [1.807, 2.05) is 0 Å². The van der Waals surface area contributed by atoms with Gasteiger partial charge in [-0.3, -0.25) is 10.1 Å². The molecule has 0 amide bonds. The average molecular weight is 450 g/mol. The second kappa shape index (κ2) is 7.97. The van der Waals surface area contributed by atoms with Crippen LogP contribution in [-0.4, -0.2) is 105 Å². The van der Waals surface area contributed by atoms with Crippen LogP contribution in [0, 0.1) is 10.1 Å². The molecule has 2 saturated heterocycles. The molecule has 2 aliphatic heterocycles. The zero-order valence-electron chi connectivity index (χ0n) is 16.1. The molecular formula is C14H23N7O6S2. The summed E-state index contributed by atoms with van der Waals surface area (Å²) in [5.41, 5.74) is -0.253. The van der Waals surface area contributed by atoms with Crippen LogP contribution in [0.1, 0.15) is 0 Å². The lowest BCUT2D eigenvalue weighted by Crippen LogP contribution is -2.50. The standard InChI is InChI=1S/C14H23N7O6S2/c1-28(24,25)19-7-3-17(4-8-19)13-12(21(22)23)11-15-14(16-13)18-5-9-20(10-6-18)29(2,26)27/h11H,3-10H2,1-2H3. The second-order valence-corrected chi connectivity index (χ2v) is 10.9. The normalized spacial score (nSPS) is 20.1. The van der Waals surface area contributed by atoms with Crippen LogP contribution in [-0.2, 0) is 20.0 Å². The molecule has 0 unspecified atom stereocenters. The predicted molar refractivity (Wildman–Crippen MR) is 106 cm³/mol. The fraction of sp³-hybridized carbons (Fsp3) is 0.714. The summed E-state index contributed by atoms with van der Waals surface area (Å²) in [6.45, 7) is 2.25. The Morgan fingerprint density at radius 2 is 1.31 bits per heavy atom. The van der Waals surface area contributed by atoms with Crippen LogP contribution in [0.25, 0.3) is 0 Å². The SMILES string of the molecule is CS(=O)(=O)N1CCN(c2ncc([N+](=O)[O-])c(N3CCN(S(C)(=O)=O)CC3)n2)CC1. The molecule has 1 aromatic heterocycles. The number of nitrogens with zero attached hydrogens (tertiary/aromatic N) is 7. The summed E-state index contributed by atoms with van der Waals surface area (Å²) in [6, 6.07) is 0. The molecule has 0 aromatic carbocycles. The van der Waals surface area contributed by atoms with Crippen molar-refractivity contribution in [1.29, 1.82) is 0 Å². The number of aromatic nitrogens is 2. The van der Waals surface area contributed by atoms with Crippen LogP contribution in [0.2, 0.25) is 0 Å². The topological polar surface area (TPSA) is 150 Å². The third-order valence-corrected chi connectivity index (χ3v) is 7.54. The summed E-state index contributed by atoms with van der Waals surface area (Å²) in [5, 5.41) is 11.4. The van der Waals surface area contributed by atoms with Gasteiger partial charge >= 0.3 is 5.69 Å². The van der Waals surface area contributed by atoms with Crippen molar-refractivity contribution < 1.29 is 21.8 Å². The van der Waals surface area contributed by atoms with Crippen molar-refractivity contribution in [3.63, 3.8) is 0 Å². The van der Waals surface area contributed by atoms with Gasteiger partial charge < -0.3 is 9.80 Å². The summed E-state index contributed by atoms with van der Waals surface area (Å²) < 4.78 is 49.4. The number of anilines is 2. The van der Waals surface area contributed by atoms with Crippen molar-refractivity contribution in [1.82, 2.24) is 18.6 Å². The van der Waals surface area contributed by atoms with Crippen LogP contribution < -0.4 is 9.80 Å². The first-order valence-electron chi connectivity index (χ1n) is 8.88. The zero-order chi connectivity index (χ0) is 21.4. The minimum absolute atomic E-state index is 0.138. The Morgan fingerprint density at radius 1 is 0.862 bits per heavy atom. The van der Waals surface area contributed by atoms with Gasteiger partial charge in [0.1, 0.15) is 6.20 Å². The van der Waals surface area contributed by atoms with Crippen molar-refractivity contribution >= 4 is 37.5 Å². The largest absolute Gasteiger partial charge is 0.348 e. The van der Waals surface area contributed by atoms with E-state index >= 15 is 0 Å². The number of nitro groups is 1. The summed E-state index contributed by atoms with van der Waals surface area (Å²) in [6.07, 6.45) is 3.42. The molecule has 0 spiro atoms. The molecule has 162 valence electrons. The number of rotatable bonds is 5. The van der Waals surface area contributed by atoms with E-state index in [1.54, 1.807) is 9.80 Å². The van der Waals surface area contributed by atoms with Crippen molar-refractivity contribution in [2.24, 2.45) is 0 Å². The molecule has 0 bridgehead atoms. The van der Waals surface area contributed by atoms with Crippen molar-refractivity contribution in [3.05, 3.63) is 16.3 Å². The maximum atomic E-state index is 11.7. The lowest BCUT2D eigenvalue weighted by Gasteiger charge is -2.35. The van der Waals surface area contributed by atoms with Gasteiger partial charge in [0.05, 0.1) is 17.4 Å². The highest BCUT2D eigenvalue weighted by atomic mass is 32.2. The molecule has 0 N–H and O–H groups in total. The lowest BCUT2D eigenvalue weighted by atomic mass is 10.3. The Labute approximate surface area is 169 Å². The van der Waals surface area contributed by atoms with E-state index in [4.69, 9.17) is 0 Å². The van der Waals surface area contributed by atoms with E-state index in [0.29, 0.717) is 13.1 Å². The third-order valence-electron chi connectivity index (χ3n) is 4.93. The highest BCUT2D eigenvalue weighted by Gasteiger charge is 2.31. The van der Waals surface area contributed by atoms with Crippen LogP contribution >= 0.6 is 0 Å². The summed E-state index contributed by atoms with van der Waals surface area (Å²) in [5.74, 6) is 0.419. The zero-order valence-corrected chi connectivity index (χ0v) is 17.8. The molecule has 15 heteroatoms. The number of piperazine rings is 2. The van der Waals surface area contributed by atoms with Gasteiger partial charge in [0.2, 0.25) is 31.8 Å². The Kier molecular flexibility index (Phi) is 5.93. The van der Waals surface area contributed by atoms with Gasteiger partial charge in [0.25, 0.3) is 0 Å². The fourth-order valence-corrected chi connectivity index (χ4v) is 4.98. The van der Waals surface area contributed by atoms with Crippen LogP contribution in [0.5, 0.6) is 0 Å². The molecule has 0 saturated carbocycles. The van der Waals surface area contributed by atoms with Gasteiger partial charge in [0, 0.05) is 52.4 Å². The van der Waals surface area contributed by atoms with Gasteiger partial charge in [0.15, 0.2) is 0 Å². The summed E-state index contributed by atoms with van der Waals surface area (Å²) >= 11 is 0. The molecule has 3 rings (SSSR count). The Balaban J connectivity index is 1.80. The van der Waals surface area contributed by atoms with E-state index < -0.39 is 25.0 Å². The molecule has 2 aliphatic rings. The van der Waals surface area contributed by atoms with Crippen LogP contribution in [0.4, 0.5) is 17.5 Å². The van der Waals surface area contributed by atoms with E-state index in [2.05, 4.69) is 9.97 Å². The summed E-state index contributed by atoms with van der Waals surface area (Å²) in [7, 11) is -6.60. The highest BCUT2D eigenvalue weighted by molar-refractivity contribution is 7.88. The average Bonchev–Trinajstić information content (AvgIpc) is 2.66. The first-order chi connectivity index (χ1) is 13.5. The smallest absolute Gasteiger partial charge is 0.329 e. The van der Waals surface area contributed by atoms with E-state index in [-0.39, 0.29) is 56.7 Å². The molecule has 0 radical (unpaired) electrons.